The maximum Gasteiger partial charge on any atom is 0.183 e. The molecule has 0 heterocycles. The lowest BCUT2D eigenvalue weighted by Crippen LogP contribution is -2.36. The first kappa shape index (κ1) is 15.3. The molecule has 0 atom stereocenters. The van der Waals surface area contributed by atoms with E-state index in [2.05, 4.69) is 26.1 Å². The first-order valence-electron chi connectivity index (χ1n) is 6.22. The predicted molar refractivity (Wildman–Crippen MR) is 73.9 cm³/mol. The van der Waals surface area contributed by atoms with E-state index in [4.69, 9.17) is 16.3 Å². The molecule has 2 nitrogen and oxygen atoms in total. The van der Waals surface area contributed by atoms with E-state index in [0.29, 0.717) is 6.61 Å². The summed E-state index contributed by atoms with van der Waals surface area (Å²) >= 11 is 5.66. The summed E-state index contributed by atoms with van der Waals surface area (Å²) in [5, 5.41) is 3.49. The van der Waals surface area contributed by atoms with Gasteiger partial charge in [-0.15, -0.1) is 0 Å². The fourth-order valence-electron chi connectivity index (χ4n) is 1.47. The highest BCUT2D eigenvalue weighted by atomic mass is 35.5. The second-order valence-corrected chi connectivity index (χ2v) is 5.69. The molecule has 4 heteroatoms. The number of halogens is 2. The van der Waals surface area contributed by atoms with Crippen molar-refractivity contribution in [1.82, 2.24) is 5.32 Å². The minimum atomic E-state index is -0.480. The van der Waals surface area contributed by atoms with Crippen LogP contribution in [0.3, 0.4) is 0 Å². The molecule has 0 bridgehead atoms. The van der Waals surface area contributed by atoms with Crippen LogP contribution in [0.4, 0.5) is 4.39 Å². The molecular formula is C14H21ClFNO. The summed E-state index contributed by atoms with van der Waals surface area (Å²) in [7, 11) is 0. The lowest BCUT2D eigenvalue weighted by molar-refractivity contribution is 0.288. The highest BCUT2D eigenvalue weighted by Crippen LogP contribution is 2.24. The Bertz CT molecular complexity index is 377. The Morgan fingerprint density at radius 1 is 1.28 bits per heavy atom. The van der Waals surface area contributed by atoms with Crippen LogP contribution in [0.1, 0.15) is 33.6 Å². The van der Waals surface area contributed by atoms with Gasteiger partial charge < -0.3 is 10.1 Å². The molecule has 18 heavy (non-hydrogen) atoms. The monoisotopic (exact) mass is 273 g/mol. The van der Waals surface area contributed by atoms with E-state index in [9.17, 15) is 4.39 Å². The zero-order valence-corrected chi connectivity index (χ0v) is 12.0. The topological polar surface area (TPSA) is 21.3 Å². The molecule has 102 valence electrons. The Balaban J connectivity index is 2.20. The number of rotatable bonds is 6. The zero-order chi connectivity index (χ0) is 13.6. The van der Waals surface area contributed by atoms with Crippen molar-refractivity contribution < 1.29 is 9.13 Å². The Kier molecular flexibility index (Phi) is 5.89. The van der Waals surface area contributed by atoms with Crippen LogP contribution in [0.5, 0.6) is 5.75 Å². The number of nitrogens with one attached hydrogen (secondary N) is 1. The van der Waals surface area contributed by atoms with Crippen LogP contribution in [0, 0.1) is 5.82 Å². The Labute approximate surface area is 113 Å². The van der Waals surface area contributed by atoms with E-state index in [1.807, 2.05) is 0 Å². The normalized spacial score (nSPS) is 11.6. The molecule has 0 unspecified atom stereocenters. The summed E-state index contributed by atoms with van der Waals surface area (Å²) in [6.45, 7) is 7.83. The first-order chi connectivity index (χ1) is 8.40. The van der Waals surface area contributed by atoms with Crippen molar-refractivity contribution in [2.45, 2.75) is 39.2 Å². The summed E-state index contributed by atoms with van der Waals surface area (Å²) in [4.78, 5) is 0. The minimum Gasteiger partial charge on any atom is -0.490 e. The van der Waals surface area contributed by atoms with Gasteiger partial charge in [0.1, 0.15) is 0 Å². The van der Waals surface area contributed by atoms with Crippen LogP contribution in [0.15, 0.2) is 18.2 Å². The predicted octanol–water partition coefficient (Wildman–Crippen LogP) is 4.03. The van der Waals surface area contributed by atoms with Crippen LogP contribution >= 0.6 is 11.6 Å². The molecule has 0 fully saturated rings. The number of benzene rings is 1. The van der Waals surface area contributed by atoms with Gasteiger partial charge in [-0.3, -0.25) is 0 Å². The van der Waals surface area contributed by atoms with Crippen molar-refractivity contribution in [1.29, 1.82) is 0 Å². The third-order valence-electron chi connectivity index (χ3n) is 2.40. The first-order valence-corrected chi connectivity index (χ1v) is 6.60. The van der Waals surface area contributed by atoms with Gasteiger partial charge in [0.05, 0.1) is 11.6 Å². The highest BCUT2D eigenvalue weighted by Gasteiger charge is 2.08. The summed E-state index contributed by atoms with van der Waals surface area (Å²) < 4.78 is 18.8. The second-order valence-electron chi connectivity index (χ2n) is 5.28. The third-order valence-corrected chi connectivity index (χ3v) is 2.69. The third kappa shape index (κ3) is 5.69. The van der Waals surface area contributed by atoms with Gasteiger partial charge in [-0.1, -0.05) is 17.7 Å². The molecule has 0 aliphatic rings. The van der Waals surface area contributed by atoms with Gasteiger partial charge in [0, 0.05) is 5.54 Å². The Morgan fingerprint density at radius 2 is 2.00 bits per heavy atom. The SMILES string of the molecule is CC(C)(C)NCCCCOc1cccc(Cl)c1F. The maximum atomic E-state index is 13.5. The van der Waals surface area contributed by atoms with Gasteiger partial charge in [0.2, 0.25) is 0 Å². The van der Waals surface area contributed by atoms with Gasteiger partial charge in [-0.25, -0.2) is 4.39 Å². The van der Waals surface area contributed by atoms with E-state index in [1.165, 1.54) is 6.07 Å². The summed E-state index contributed by atoms with van der Waals surface area (Å²) in [5.41, 5.74) is 0.139. The van der Waals surface area contributed by atoms with Gasteiger partial charge in [0.25, 0.3) is 0 Å². The lowest BCUT2D eigenvalue weighted by atomic mass is 10.1. The van der Waals surface area contributed by atoms with Crippen LogP contribution in [-0.4, -0.2) is 18.7 Å². The molecule has 0 aliphatic heterocycles. The van der Waals surface area contributed by atoms with Crippen molar-refractivity contribution in [3.05, 3.63) is 29.0 Å². The fourth-order valence-corrected chi connectivity index (χ4v) is 1.63. The summed E-state index contributed by atoms with van der Waals surface area (Å²) in [6, 6.07) is 4.79. The standard InChI is InChI=1S/C14H21ClFNO/c1-14(2,3)17-9-4-5-10-18-12-8-6-7-11(15)13(12)16/h6-8,17H,4-5,9-10H2,1-3H3. The number of ether oxygens (including phenoxy) is 1. The van der Waals surface area contributed by atoms with Gasteiger partial charge in [0.15, 0.2) is 11.6 Å². The van der Waals surface area contributed by atoms with Gasteiger partial charge in [-0.2, -0.15) is 0 Å². The van der Waals surface area contributed by atoms with E-state index in [1.54, 1.807) is 12.1 Å². The average molecular weight is 274 g/mol. The van der Waals surface area contributed by atoms with Crippen molar-refractivity contribution in [3.63, 3.8) is 0 Å². The summed E-state index contributed by atoms with van der Waals surface area (Å²) in [6.07, 6.45) is 1.88. The van der Waals surface area contributed by atoms with Crippen LogP contribution < -0.4 is 10.1 Å². The molecule has 0 spiro atoms. The van der Waals surface area contributed by atoms with Crippen LogP contribution in [0.25, 0.3) is 0 Å². The van der Waals surface area contributed by atoms with E-state index >= 15 is 0 Å². The highest BCUT2D eigenvalue weighted by molar-refractivity contribution is 6.30. The molecule has 0 aromatic heterocycles. The molecule has 0 radical (unpaired) electrons. The quantitative estimate of drug-likeness (QED) is 0.790. The number of hydrogen-bond donors (Lipinski definition) is 1. The molecule has 0 aliphatic carbocycles. The van der Waals surface area contributed by atoms with E-state index in [-0.39, 0.29) is 16.3 Å². The van der Waals surface area contributed by atoms with Crippen LogP contribution in [0.2, 0.25) is 5.02 Å². The summed E-state index contributed by atoms with van der Waals surface area (Å²) in [5.74, 6) is -0.252. The smallest absolute Gasteiger partial charge is 0.183 e. The molecule has 1 aromatic rings. The number of unbranched alkanes of at least 4 members (excludes halogenated alkanes) is 1. The van der Waals surface area contributed by atoms with E-state index < -0.39 is 5.82 Å². The van der Waals surface area contributed by atoms with Crippen molar-refractivity contribution in [2.75, 3.05) is 13.2 Å². The molecule has 1 rings (SSSR count). The van der Waals surface area contributed by atoms with Crippen molar-refractivity contribution in [2.24, 2.45) is 0 Å². The molecule has 1 aromatic carbocycles. The molecule has 1 N–H and O–H groups in total. The van der Waals surface area contributed by atoms with Crippen molar-refractivity contribution >= 4 is 11.6 Å². The molecule has 0 amide bonds. The number of hydrogen-bond acceptors (Lipinski definition) is 2. The van der Waals surface area contributed by atoms with Gasteiger partial charge in [-0.05, 0) is 52.3 Å². The second kappa shape index (κ2) is 6.95. The minimum absolute atomic E-state index is 0.0990. The van der Waals surface area contributed by atoms with Crippen molar-refractivity contribution in [3.8, 4) is 5.75 Å². The molecule has 0 saturated heterocycles. The van der Waals surface area contributed by atoms with Gasteiger partial charge >= 0.3 is 0 Å². The Hall–Kier alpha value is -0.800. The van der Waals surface area contributed by atoms with Crippen LogP contribution in [-0.2, 0) is 0 Å². The fraction of sp³-hybridized carbons (Fsp3) is 0.571. The Morgan fingerprint density at radius 3 is 2.67 bits per heavy atom. The molecular weight excluding hydrogens is 253 g/mol. The van der Waals surface area contributed by atoms with E-state index in [0.717, 1.165) is 19.4 Å². The average Bonchev–Trinajstić information content (AvgIpc) is 2.27. The maximum absolute atomic E-state index is 13.5. The zero-order valence-electron chi connectivity index (χ0n) is 11.2. The largest absolute Gasteiger partial charge is 0.490 e. The molecule has 0 saturated carbocycles. The lowest BCUT2D eigenvalue weighted by Gasteiger charge is -2.20.